The zero-order valence-electron chi connectivity index (χ0n) is 7.16. The van der Waals surface area contributed by atoms with Gasteiger partial charge in [-0.15, -0.1) is 0 Å². The van der Waals surface area contributed by atoms with E-state index < -0.39 is 0 Å². The van der Waals surface area contributed by atoms with E-state index in [1.54, 1.807) is 0 Å². The van der Waals surface area contributed by atoms with Gasteiger partial charge in [0.1, 0.15) is 0 Å². The Balaban J connectivity index is 2.45. The summed E-state index contributed by atoms with van der Waals surface area (Å²) in [5.41, 5.74) is 0. The van der Waals surface area contributed by atoms with E-state index in [0.717, 1.165) is 12.8 Å². The highest BCUT2D eigenvalue weighted by Crippen LogP contribution is 2.33. The Morgan fingerprint density at radius 2 is 1.55 bits per heavy atom. The zero-order valence-corrected chi connectivity index (χ0v) is 7.16. The van der Waals surface area contributed by atoms with Crippen molar-refractivity contribution in [3.05, 3.63) is 0 Å². The average molecular weight is 158 g/mol. The molecule has 2 heteroatoms. The van der Waals surface area contributed by atoms with Crippen molar-refractivity contribution in [1.82, 2.24) is 0 Å². The normalized spacial score (nSPS) is 39.0. The fourth-order valence-electron chi connectivity index (χ4n) is 2.07. The Bertz CT molecular complexity index is 102. The molecule has 66 valence electrons. The van der Waals surface area contributed by atoms with Gasteiger partial charge in [0.15, 0.2) is 0 Å². The van der Waals surface area contributed by atoms with E-state index in [4.69, 9.17) is 10.2 Å². The third-order valence-corrected chi connectivity index (χ3v) is 3.11. The second-order valence-electron chi connectivity index (χ2n) is 3.68. The van der Waals surface area contributed by atoms with Crippen molar-refractivity contribution < 1.29 is 10.2 Å². The lowest BCUT2D eigenvalue weighted by Gasteiger charge is -2.33. The first-order valence-corrected chi connectivity index (χ1v) is 4.51. The standard InChI is InChI=1S/C9H18O2/c1-7-8(5-10)3-2-4-9(7)6-11/h7-11H,2-6H2,1H3. The molecule has 0 aliphatic heterocycles. The van der Waals surface area contributed by atoms with Gasteiger partial charge in [-0.25, -0.2) is 0 Å². The molecule has 0 saturated heterocycles. The van der Waals surface area contributed by atoms with Gasteiger partial charge >= 0.3 is 0 Å². The predicted octanol–water partition coefficient (Wildman–Crippen LogP) is 1.02. The van der Waals surface area contributed by atoms with Gasteiger partial charge in [0.05, 0.1) is 0 Å². The molecular formula is C9H18O2. The van der Waals surface area contributed by atoms with Gasteiger partial charge in [0, 0.05) is 13.2 Å². The maximum atomic E-state index is 8.99. The van der Waals surface area contributed by atoms with Gasteiger partial charge in [-0.3, -0.25) is 0 Å². The van der Waals surface area contributed by atoms with E-state index in [0.29, 0.717) is 17.8 Å². The van der Waals surface area contributed by atoms with Crippen LogP contribution in [-0.4, -0.2) is 23.4 Å². The maximum Gasteiger partial charge on any atom is 0.0461 e. The monoisotopic (exact) mass is 158 g/mol. The highest BCUT2D eigenvalue weighted by Gasteiger charge is 2.28. The Hall–Kier alpha value is -0.0800. The lowest BCUT2D eigenvalue weighted by atomic mass is 9.74. The molecule has 1 saturated carbocycles. The van der Waals surface area contributed by atoms with Gasteiger partial charge in [0.25, 0.3) is 0 Å². The highest BCUT2D eigenvalue weighted by molar-refractivity contribution is 4.78. The van der Waals surface area contributed by atoms with E-state index in [-0.39, 0.29) is 13.2 Å². The van der Waals surface area contributed by atoms with Gasteiger partial charge < -0.3 is 10.2 Å². The van der Waals surface area contributed by atoms with E-state index in [2.05, 4.69) is 6.92 Å². The van der Waals surface area contributed by atoms with Crippen molar-refractivity contribution in [2.75, 3.05) is 13.2 Å². The van der Waals surface area contributed by atoms with Crippen molar-refractivity contribution >= 4 is 0 Å². The van der Waals surface area contributed by atoms with Crippen molar-refractivity contribution in [1.29, 1.82) is 0 Å². The molecule has 0 heterocycles. The molecule has 0 aromatic carbocycles. The average Bonchev–Trinajstić information content (AvgIpc) is 2.05. The summed E-state index contributed by atoms with van der Waals surface area (Å²) in [4.78, 5) is 0. The number of aliphatic hydroxyl groups is 2. The van der Waals surface area contributed by atoms with Crippen LogP contribution in [0.25, 0.3) is 0 Å². The topological polar surface area (TPSA) is 40.5 Å². The van der Waals surface area contributed by atoms with Crippen molar-refractivity contribution in [2.24, 2.45) is 17.8 Å². The molecule has 0 spiro atoms. The van der Waals surface area contributed by atoms with E-state index >= 15 is 0 Å². The second kappa shape index (κ2) is 4.07. The first kappa shape index (κ1) is 9.01. The van der Waals surface area contributed by atoms with E-state index in [1.165, 1.54) is 6.42 Å². The van der Waals surface area contributed by atoms with Gasteiger partial charge in [-0.1, -0.05) is 13.3 Å². The largest absolute Gasteiger partial charge is 0.396 e. The molecule has 2 atom stereocenters. The third-order valence-electron chi connectivity index (χ3n) is 3.11. The molecule has 2 unspecified atom stereocenters. The van der Waals surface area contributed by atoms with Gasteiger partial charge in [-0.05, 0) is 30.6 Å². The summed E-state index contributed by atoms with van der Waals surface area (Å²) in [6.45, 7) is 2.72. The van der Waals surface area contributed by atoms with Crippen LogP contribution in [0, 0.1) is 17.8 Å². The molecule has 11 heavy (non-hydrogen) atoms. The maximum absolute atomic E-state index is 8.99. The lowest BCUT2D eigenvalue weighted by Crippen LogP contribution is -2.30. The number of hydrogen-bond acceptors (Lipinski definition) is 2. The molecular weight excluding hydrogens is 140 g/mol. The van der Waals surface area contributed by atoms with Crippen molar-refractivity contribution in [2.45, 2.75) is 26.2 Å². The number of hydrogen-bond donors (Lipinski definition) is 2. The first-order chi connectivity index (χ1) is 5.29. The zero-order chi connectivity index (χ0) is 8.27. The molecule has 0 aromatic rings. The summed E-state index contributed by atoms with van der Waals surface area (Å²) in [7, 11) is 0. The summed E-state index contributed by atoms with van der Waals surface area (Å²) in [6, 6.07) is 0. The molecule has 0 amide bonds. The smallest absolute Gasteiger partial charge is 0.0461 e. The Morgan fingerprint density at radius 1 is 1.09 bits per heavy atom. The van der Waals surface area contributed by atoms with E-state index in [9.17, 15) is 0 Å². The molecule has 0 aromatic heterocycles. The molecule has 1 fully saturated rings. The van der Waals surface area contributed by atoms with Crippen LogP contribution >= 0.6 is 0 Å². The van der Waals surface area contributed by atoms with Crippen LogP contribution < -0.4 is 0 Å². The highest BCUT2D eigenvalue weighted by atomic mass is 16.3. The summed E-state index contributed by atoms with van der Waals surface area (Å²) in [6.07, 6.45) is 3.43. The van der Waals surface area contributed by atoms with Gasteiger partial charge in [0.2, 0.25) is 0 Å². The van der Waals surface area contributed by atoms with Crippen molar-refractivity contribution in [3.8, 4) is 0 Å². The van der Waals surface area contributed by atoms with Crippen LogP contribution in [0.2, 0.25) is 0 Å². The van der Waals surface area contributed by atoms with Crippen molar-refractivity contribution in [3.63, 3.8) is 0 Å². The van der Waals surface area contributed by atoms with Crippen LogP contribution in [0.15, 0.2) is 0 Å². The first-order valence-electron chi connectivity index (χ1n) is 4.51. The summed E-state index contributed by atoms with van der Waals surface area (Å²) in [5.74, 6) is 1.36. The summed E-state index contributed by atoms with van der Waals surface area (Å²) >= 11 is 0. The Kier molecular flexibility index (Phi) is 3.34. The minimum Gasteiger partial charge on any atom is -0.396 e. The summed E-state index contributed by atoms with van der Waals surface area (Å²) < 4.78 is 0. The molecule has 1 rings (SSSR count). The fourth-order valence-corrected chi connectivity index (χ4v) is 2.07. The van der Waals surface area contributed by atoms with Gasteiger partial charge in [-0.2, -0.15) is 0 Å². The van der Waals surface area contributed by atoms with Crippen LogP contribution in [0.3, 0.4) is 0 Å². The molecule has 1 aliphatic carbocycles. The minimum absolute atomic E-state index is 0.289. The third kappa shape index (κ3) is 1.94. The van der Waals surface area contributed by atoms with Crippen LogP contribution in [-0.2, 0) is 0 Å². The minimum atomic E-state index is 0.289. The fraction of sp³-hybridized carbons (Fsp3) is 1.00. The molecule has 0 radical (unpaired) electrons. The predicted molar refractivity (Wildman–Crippen MR) is 44.2 cm³/mol. The number of aliphatic hydroxyl groups excluding tert-OH is 2. The lowest BCUT2D eigenvalue weighted by molar-refractivity contribution is 0.0657. The quantitative estimate of drug-likeness (QED) is 0.630. The number of rotatable bonds is 2. The van der Waals surface area contributed by atoms with E-state index in [1.807, 2.05) is 0 Å². The molecule has 2 N–H and O–H groups in total. The molecule has 2 nitrogen and oxygen atoms in total. The Morgan fingerprint density at radius 3 is 1.91 bits per heavy atom. The summed E-state index contributed by atoms with van der Waals surface area (Å²) in [5, 5.41) is 18.0. The molecule has 0 bridgehead atoms. The van der Waals surface area contributed by atoms with Crippen LogP contribution in [0.1, 0.15) is 26.2 Å². The Labute approximate surface area is 68.2 Å². The van der Waals surface area contributed by atoms with Crippen LogP contribution in [0.5, 0.6) is 0 Å². The second-order valence-corrected chi connectivity index (χ2v) is 3.68. The SMILES string of the molecule is CC1C(CO)CCCC1CO. The van der Waals surface area contributed by atoms with Crippen LogP contribution in [0.4, 0.5) is 0 Å². The molecule has 1 aliphatic rings.